The summed E-state index contributed by atoms with van der Waals surface area (Å²) in [6.45, 7) is 1.85. The zero-order chi connectivity index (χ0) is 18.4. The Hall–Kier alpha value is -3.22. The summed E-state index contributed by atoms with van der Waals surface area (Å²) < 4.78 is 4.94. The summed E-state index contributed by atoms with van der Waals surface area (Å²) in [5, 5.41) is 10.9. The van der Waals surface area contributed by atoms with Crippen molar-refractivity contribution in [3.8, 4) is 0 Å². The van der Waals surface area contributed by atoms with Crippen molar-refractivity contribution in [3.05, 3.63) is 75.3 Å². The van der Waals surface area contributed by atoms with Gasteiger partial charge in [-0.2, -0.15) is 0 Å². The van der Waals surface area contributed by atoms with Crippen molar-refractivity contribution in [3.63, 3.8) is 0 Å². The average Bonchev–Trinajstić information content (AvgIpc) is 2.61. The van der Waals surface area contributed by atoms with Gasteiger partial charge in [-0.05, 0) is 24.1 Å². The summed E-state index contributed by atoms with van der Waals surface area (Å²) in [5.74, 6) is -1.29. The lowest BCUT2D eigenvalue weighted by atomic mass is 10.1. The molecule has 0 aliphatic heterocycles. The largest absolute Gasteiger partial charge is 0.452 e. The van der Waals surface area contributed by atoms with Crippen LogP contribution < -0.4 is 0 Å². The third kappa shape index (κ3) is 4.63. The number of aryl methyl sites for hydroxylation is 1. The highest BCUT2D eigenvalue weighted by atomic mass is 16.6. The van der Waals surface area contributed by atoms with Crippen molar-refractivity contribution in [1.29, 1.82) is 0 Å². The van der Waals surface area contributed by atoms with Crippen molar-refractivity contribution >= 4 is 17.6 Å². The van der Waals surface area contributed by atoms with E-state index < -0.39 is 23.4 Å². The maximum Gasteiger partial charge on any atom is 0.345 e. The van der Waals surface area contributed by atoms with Gasteiger partial charge in [-0.3, -0.25) is 14.9 Å². The highest BCUT2D eigenvalue weighted by Crippen LogP contribution is 2.18. The predicted molar refractivity (Wildman–Crippen MR) is 91.0 cm³/mol. The Balaban J connectivity index is 1.96. The summed E-state index contributed by atoms with van der Waals surface area (Å²) in [5.41, 5.74) is 1.51. The molecule has 0 aliphatic carbocycles. The van der Waals surface area contributed by atoms with Crippen LogP contribution in [0.4, 0.5) is 5.69 Å². The molecule has 0 spiro atoms. The Morgan fingerprint density at radius 3 is 2.44 bits per heavy atom. The number of rotatable bonds is 6. The molecule has 25 heavy (non-hydrogen) atoms. The maximum absolute atomic E-state index is 12.1. The molecule has 0 saturated carbocycles. The Morgan fingerprint density at radius 1 is 1.12 bits per heavy atom. The third-order valence-electron chi connectivity index (χ3n) is 3.74. The molecule has 0 radical (unpaired) electrons. The number of amides is 1. The van der Waals surface area contributed by atoms with E-state index in [1.54, 1.807) is 7.05 Å². The lowest BCUT2D eigenvalue weighted by Gasteiger charge is -2.18. The van der Waals surface area contributed by atoms with E-state index in [0.29, 0.717) is 6.54 Å². The first-order chi connectivity index (χ1) is 11.9. The van der Waals surface area contributed by atoms with E-state index in [-0.39, 0.29) is 11.3 Å². The molecule has 7 nitrogen and oxygen atoms in total. The quantitative estimate of drug-likeness (QED) is 0.457. The molecule has 0 bridgehead atoms. The molecule has 1 amide bonds. The lowest BCUT2D eigenvalue weighted by Crippen LogP contribution is -2.31. The van der Waals surface area contributed by atoms with Gasteiger partial charge in [-0.25, -0.2) is 4.79 Å². The first-order valence-corrected chi connectivity index (χ1v) is 7.59. The van der Waals surface area contributed by atoms with Gasteiger partial charge >= 0.3 is 5.97 Å². The number of para-hydroxylation sites is 1. The van der Waals surface area contributed by atoms with Crippen LogP contribution in [-0.4, -0.2) is 35.4 Å². The number of nitrogens with zero attached hydrogens (tertiary/aromatic N) is 2. The minimum absolute atomic E-state index is 0.179. The van der Waals surface area contributed by atoms with E-state index in [9.17, 15) is 19.7 Å². The Kier molecular flexibility index (Phi) is 5.84. The monoisotopic (exact) mass is 342 g/mol. The van der Waals surface area contributed by atoms with Gasteiger partial charge in [-0.1, -0.05) is 36.4 Å². The van der Waals surface area contributed by atoms with Crippen LogP contribution in [0.25, 0.3) is 0 Å². The van der Waals surface area contributed by atoms with Crippen LogP contribution in [0.2, 0.25) is 0 Å². The number of esters is 1. The smallest absolute Gasteiger partial charge is 0.345 e. The minimum Gasteiger partial charge on any atom is -0.452 e. The molecule has 0 fully saturated rings. The zero-order valence-corrected chi connectivity index (χ0v) is 14.0. The molecule has 0 N–H and O–H groups in total. The van der Waals surface area contributed by atoms with Gasteiger partial charge in [0.25, 0.3) is 11.6 Å². The molecule has 130 valence electrons. The van der Waals surface area contributed by atoms with Crippen molar-refractivity contribution in [2.75, 3.05) is 13.7 Å². The molecule has 0 atom stereocenters. The summed E-state index contributed by atoms with van der Waals surface area (Å²) in [6, 6.07) is 13.1. The number of carbonyl (C=O) groups excluding carboxylic acids is 2. The zero-order valence-electron chi connectivity index (χ0n) is 14.0. The summed E-state index contributed by atoms with van der Waals surface area (Å²) in [4.78, 5) is 35.8. The summed E-state index contributed by atoms with van der Waals surface area (Å²) in [6.07, 6.45) is 0. The van der Waals surface area contributed by atoms with Crippen LogP contribution in [0, 0.1) is 17.0 Å². The number of nitro benzene ring substituents is 1. The Bertz CT molecular complexity index is 804. The molecule has 2 rings (SSSR count). The molecular formula is C18H18N2O5. The molecule has 0 aromatic heterocycles. The molecule has 2 aromatic rings. The van der Waals surface area contributed by atoms with E-state index in [2.05, 4.69) is 0 Å². The van der Waals surface area contributed by atoms with Gasteiger partial charge in [-0.15, -0.1) is 0 Å². The predicted octanol–water partition coefficient (Wildman–Crippen LogP) is 2.72. The number of benzene rings is 2. The molecule has 2 aromatic carbocycles. The van der Waals surface area contributed by atoms with E-state index in [1.165, 1.54) is 29.2 Å². The number of carbonyl (C=O) groups is 2. The van der Waals surface area contributed by atoms with Gasteiger partial charge < -0.3 is 9.64 Å². The van der Waals surface area contributed by atoms with E-state index in [0.717, 1.165) is 11.1 Å². The third-order valence-corrected chi connectivity index (χ3v) is 3.74. The molecule has 0 saturated heterocycles. The first-order valence-electron chi connectivity index (χ1n) is 7.59. The van der Waals surface area contributed by atoms with Gasteiger partial charge in [0.1, 0.15) is 5.56 Å². The fourth-order valence-corrected chi connectivity index (χ4v) is 2.25. The van der Waals surface area contributed by atoms with Gasteiger partial charge in [0.15, 0.2) is 6.61 Å². The number of nitro groups is 1. The van der Waals surface area contributed by atoms with Crippen molar-refractivity contribution in [2.45, 2.75) is 13.5 Å². The normalized spacial score (nSPS) is 10.2. The van der Waals surface area contributed by atoms with Crippen LogP contribution in [-0.2, 0) is 16.1 Å². The number of ether oxygens (including phenoxy) is 1. The second kappa shape index (κ2) is 8.05. The van der Waals surface area contributed by atoms with Gasteiger partial charge in [0.2, 0.25) is 0 Å². The molecule has 7 heteroatoms. The van der Waals surface area contributed by atoms with Crippen molar-refractivity contribution in [1.82, 2.24) is 4.90 Å². The van der Waals surface area contributed by atoms with E-state index in [1.807, 2.05) is 31.2 Å². The Morgan fingerprint density at radius 2 is 1.76 bits per heavy atom. The molecule has 0 unspecified atom stereocenters. The van der Waals surface area contributed by atoms with Crippen LogP contribution in [0.15, 0.2) is 48.5 Å². The maximum atomic E-state index is 12.1. The minimum atomic E-state index is -0.898. The topological polar surface area (TPSA) is 89.8 Å². The molecule has 0 heterocycles. The van der Waals surface area contributed by atoms with E-state index in [4.69, 9.17) is 4.74 Å². The standard InChI is InChI=1S/C18H18N2O5/c1-13-7-3-4-8-14(13)11-19(2)17(21)12-25-18(22)15-9-5-6-10-16(15)20(23)24/h3-10H,11-12H2,1-2H3. The number of likely N-dealkylation sites (N-methyl/N-ethyl adjacent to an activating group) is 1. The van der Waals surface area contributed by atoms with Crippen molar-refractivity contribution < 1.29 is 19.2 Å². The second-order valence-electron chi connectivity index (χ2n) is 5.53. The summed E-state index contributed by atoms with van der Waals surface area (Å²) >= 11 is 0. The second-order valence-corrected chi connectivity index (χ2v) is 5.53. The lowest BCUT2D eigenvalue weighted by molar-refractivity contribution is -0.385. The Labute approximate surface area is 145 Å². The number of hydrogen-bond acceptors (Lipinski definition) is 5. The van der Waals surface area contributed by atoms with Gasteiger partial charge in [0, 0.05) is 19.7 Å². The number of hydrogen-bond donors (Lipinski definition) is 0. The van der Waals surface area contributed by atoms with Crippen LogP contribution in [0.3, 0.4) is 0 Å². The van der Waals surface area contributed by atoms with Crippen LogP contribution in [0.1, 0.15) is 21.5 Å². The highest BCUT2D eigenvalue weighted by Gasteiger charge is 2.22. The van der Waals surface area contributed by atoms with Crippen LogP contribution in [0.5, 0.6) is 0 Å². The van der Waals surface area contributed by atoms with Crippen LogP contribution >= 0.6 is 0 Å². The fourth-order valence-electron chi connectivity index (χ4n) is 2.25. The van der Waals surface area contributed by atoms with Crippen molar-refractivity contribution in [2.24, 2.45) is 0 Å². The van der Waals surface area contributed by atoms with Gasteiger partial charge in [0.05, 0.1) is 4.92 Å². The molecule has 0 aliphatic rings. The average molecular weight is 342 g/mol. The SMILES string of the molecule is Cc1ccccc1CN(C)C(=O)COC(=O)c1ccccc1[N+](=O)[O-]. The highest BCUT2D eigenvalue weighted by molar-refractivity contribution is 5.95. The fraction of sp³-hybridized carbons (Fsp3) is 0.222. The summed E-state index contributed by atoms with van der Waals surface area (Å²) in [7, 11) is 1.60. The molecular weight excluding hydrogens is 324 g/mol. The van der Waals surface area contributed by atoms with E-state index >= 15 is 0 Å². The first kappa shape index (κ1) is 18.1.